The number of fused-ring (bicyclic) bond motifs is 1. The Balaban J connectivity index is 0.00000109. The average molecular weight is 378 g/mol. The number of ether oxygens (including phenoxy) is 1. The van der Waals surface area contributed by atoms with Gasteiger partial charge in [0.25, 0.3) is 0 Å². The number of benzene rings is 1. The molecule has 4 rings (SSSR count). The van der Waals surface area contributed by atoms with Crippen molar-refractivity contribution in [1.82, 2.24) is 4.98 Å². The van der Waals surface area contributed by atoms with Crippen molar-refractivity contribution >= 4 is 11.7 Å². The first-order chi connectivity index (χ1) is 13.7. The lowest BCUT2D eigenvalue weighted by Gasteiger charge is -2.26. The maximum atomic E-state index is 11.3. The molecule has 1 unspecified atom stereocenters. The van der Waals surface area contributed by atoms with Gasteiger partial charge in [-0.15, -0.1) is 0 Å². The summed E-state index contributed by atoms with van der Waals surface area (Å²) >= 11 is 0. The molecular weight excluding hydrogens is 352 g/mol. The van der Waals surface area contributed by atoms with Crippen molar-refractivity contribution in [1.29, 1.82) is 0 Å². The molecule has 1 aliphatic carbocycles. The fourth-order valence-electron chi connectivity index (χ4n) is 3.12. The van der Waals surface area contributed by atoms with E-state index < -0.39 is 5.97 Å². The number of hydrogen-bond acceptors (Lipinski definition) is 4. The summed E-state index contributed by atoms with van der Waals surface area (Å²) < 4.78 is 5.83. The van der Waals surface area contributed by atoms with Gasteiger partial charge in [0.1, 0.15) is 5.75 Å². The molecule has 0 amide bonds. The highest BCUT2D eigenvalue weighted by Crippen LogP contribution is 2.35. The van der Waals surface area contributed by atoms with Gasteiger partial charge < -0.3 is 15.2 Å². The van der Waals surface area contributed by atoms with Crippen LogP contribution in [-0.4, -0.2) is 29.2 Å². The van der Waals surface area contributed by atoms with Crippen molar-refractivity contribution in [3.8, 4) is 17.6 Å². The van der Waals surface area contributed by atoms with E-state index in [1.807, 2.05) is 26.0 Å². The lowest BCUT2D eigenvalue weighted by atomic mass is 9.92. The number of carbonyl (C=O) groups is 1. The number of rotatable bonds is 4. The number of carboxylic acid groups (broad SMARTS) is 1. The van der Waals surface area contributed by atoms with Gasteiger partial charge in [-0.2, -0.15) is 0 Å². The molecule has 1 fully saturated rings. The van der Waals surface area contributed by atoms with Gasteiger partial charge in [0.15, 0.2) is 0 Å². The van der Waals surface area contributed by atoms with E-state index in [-0.39, 0.29) is 11.5 Å². The van der Waals surface area contributed by atoms with Crippen molar-refractivity contribution in [3.05, 3.63) is 53.3 Å². The topological polar surface area (TPSA) is 71.5 Å². The van der Waals surface area contributed by atoms with E-state index in [2.05, 4.69) is 28.2 Å². The van der Waals surface area contributed by atoms with Crippen LogP contribution in [0.5, 0.6) is 5.75 Å². The van der Waals surface area contributed by atoms with Gasteiger partial charge >= 0.3 is 5.97 Å². The highest BCUT2D eigenvalue weighted by Gasteiger charge is 2.22. The Labute approximate surface area is 166 Å². The largest absolute Gasteiger partial charge is 0.493 e. The standard InChI is InChI=1S/C21H20N2O3.C2H6/c24-21(25)18-7-9-22-13-19(18)23-12-16-8-10-26-20-11-15(5-6-17(16)20)4-3-14-1-2-14;1-2/h5-7,9,11,13-14,16,23H,1-2,8,10,12H2,(H,24,25);1-2H3. The Hall–Kier alpha value is -3.00. The fraction of sp³-hybridized carbons (Fsp3) is 0.391. The first kappa shape index (κ1) is 19.8. The number of carboxylic acids is 1. The van der Waals surface area contributed by atoms with Crippen LogP contribution in [0.1, 0.15) is 60.5 Å². The summed E-state index contributed by atoms with van der Waals surface area (Å²) in [5.74, 6) is 7.26. The molecule has 0 radical (unpaired) electrons. The summed E-state index contributed by atoms with van der Waals surface area (Å²) in [5, 5.41) is 12.5. The second-order valence-electron chi connectivity index (χ2n) is 6.74. The molecule has 1 atom stereocenters. The Morgan fingerprint density at radius 1 is 1.29 bits per heavy atom. The van der Waals surface area contributed by atoms with Gasteiger partial charge in [-0.3, -0.25) is 4.98 Å². The van der Waals surface area contributed by atoms with E-state index in [1.165, 1.54) is 25.1 Å². The lowest BCUT2D eigenvalue weighted by Crippen LogP contribution is -2.21. The number of pyridine rings is 1. The summed E-state index contributed by atoms with van der Waals surface area (Å²) in [4.78, 5) is 15.3. The second kappa shape index (κ2) is 9.27. The van der Waals surface area contributed by atoms with Crippen LogP contribution in [0.2, 0.25) is 0 Å². The summed E-state index contributed by atoms with van der Waals surface area (Å²) in [6.07, 6.45) is 6.36. The SMILES string of the molecule is CC.O=C(O)c1ccncc1NCC1CCOc2cc(C#CC3CC3)ccc21. The molecule has 2 aliphatic rings. The minimum Gasteiger partial charge on any atom is -0.493 e. The van der Waals surface area contributed by atoms with Crippen LogP contribution >= 0.6 is 0 Å². The maximum Gasteiger partial charge on any atom is 0.337 e. The molecule has 0 spiro atoms. The summed E-state index contributed by atoms with van der Waals surface area (Å²) in [5.41, 5.74) is 2.91. The van der Waals surface area contributed by atoms with E-state index in [0.29, 0.717) is 24.8 Å². The monoisotopic (exact) mass is 378 g/mol. The normalized spacial score (nSPS) is 17.0. The van der Waals surface area contributed by atoms with Crippen LogP contribution in [-0.2, 0) is 0 Å². The highest BCUT2D eigenvalue weighted by atomic mass is 16.5. The van der Waals surface area contributed by atoms with E-state index in [0.717, 1.165) is 23.3 Å². The summed E-state index contributed by atoms with van der Waals surface area (Å²) in [6, 6.07) is 7.65. The molecule has 146 valence electrons. The number of anilines is 1. The van der Waals surface area contributed by atoms with Crippen molar-refractivity contribution in [3.63, 3.8) is 0 Å². The van der Waals surface area contributed by atoms with Crippen molar-refractivity contribution in [2.24, 2.45) is 5.92 Å². The number of aromatic carboxylic acids is 1. The quantitative estimate of drug-likeness (QED) is 0.764. The first-order valence-corrected chi connectivity index (χ1v) is 9.90. The van der Waals surface area contributed by atoms with Crippen LogP contribution in [0.15, 0.2) is 36.7 Å². The first-order valence-electron chi connectivity index (χ1n) is 9.90. The summed E-state index contributed by atoms with van der Waals surface area (Å²) in [6.45, 7) is 5.28. The molecule has 5 nitrogen and oxygen atoms in total. The molecule has 1 aromatic heterocycles. The molecule has 2 N–H and O–H groups in total. The third kappa shape index (κ3) is 4.83. The second-order valence-corrected chi connectivity index (χ2v) is 6.74. The third-order valence-corrected chi connectivity index (χ3v) is 4.77. The predicted molar refractivity (Wildman–Crippen MR) is 110 cm³/mol. The van der Waals surface area contributed by atoms with E-state index in [1.54, 1.807) is 6.20 Å². The van der Waals surface area contributed by atoms with Gasteiger partial charge in [0.2, 0.25) is 0 Å². The summed E-state index contributed by atoms with van der Waals surface area (Å²) in [7, 11) is 0. The van der Waals surface area contributed by atoms with Crippen LogP contribution in [0.25, 0.3) is 0 Å². The number of aromatic nitrogens is 1. The Morgan fingerprint density at radius 2 is 2.11 bits per heavy atom. The van der Waals surface area contributed by atoms with Gasteiger partial charge in [0, 0.05) is 30.1 Å². The van der Waals surface area contributed by atoms with Gasteiger partial charge in [-0.25, -0.2) is 4.79 Å². The molecule has 5 heteroatoms. The van der Waals surface area contributed by atoms with Crippen molar-refractivity contribution in [2.45, 2.75) is 39.0 Å². The smallest absolute Gasteiger partial charge is 0.337 e. The lowest BCUT2D eigenvalue weighted by molar-refractivity contribution is 0.0697. The van der Waals surface area contributed by atoms with Crippen LogP contribution < -0.4 is 10.1 Å². The average Bonchev–Trinajstić information content (AvgIpc) is 3.56. The molecule has 0 bridgehead atoms. The zero-order valence-electron chi connectivity index (χ0n) is 16.4. The molecule has 2 heterocycles. The molecule has 28 heavy (non-hydrogen) atoms. The Bertz CT molecular complexity index is 894. The maximum absolute atomic E-state index is 11.3. The molecule has 1 aromatic carbocycles. The van der Waals surface area contributed by atoms with Crippen LogP contribution in [0.4, 0.5) is 5.69 Å². The zero-order valence-corrected chi connectivity index (χ0v) is 16.4. The van der Waals surface area contributed by atoms with Crippen LogP contribution in [0, 0.1) is 17.8 Å². The molecular formula is C23H26N2O3. The van der Waals surface area contributed by atoms with Gasteiger partial charge in [-0.05, 0) is 43.0 Å². The molecule has 0 saturated heterocycles. The van der Waals surface area contributed by atoms with Gasteiger partial charge in [-0.1, -0.05) is 31.8 Å². The van der Waals surface area contributed by atoms with E-state index in [4.69, 9.17) is 4.74 Å². The number of nitrogens with one attached hydrogen (secondary N) is 1. The minimum absolute atomic E-state index is 0.234. The van der Waals surface area contributed by atoms with Gasteiger partial charge in [0.05, 0.1) is 24.1 Å². The Morgan fingerprint density at radius 3 is 2.86 bits per heavy atom. The van der Waals surface area contributed by atoms with E-state index in [9.17, 15) is 9.90 Å². The predicted octanol–water partition coefficient (Wildman–Crippen LogP) is 4.55. The molecule has 1 saturated carbocycles. The highest BCUT2D eigenvalue weighted by molar-refractivity contribution is 5.93. The minimum atomic E-state index is -0.957. The molecule has 1 aliphatic heterocycles. The number of nitrogens with zero attached hydrogens (tertiary/aromatic N) is 1. The fourth-order valence-corrected chi connectivity index (χ4v) is 3.12. The van der Waals surface area contributed by atoms with E-state index >= 15 is 0 Å². The molecule has 2 aromatic rings. The van der Waals surface area contributed by atoms with Crippen LogP contribution in [0.3, 0.4) is 0 Å². The Kier molecular flexibility index (Phi) is 6.54. The number of hydrogen-bond donors (Lipinski definition) is 2. The van der Waals surface area contributed by atoms with Crippen molar-refractivity contribution < 1.29 is 14.6 Å². The van der Waals surface area contributed by atoms with Crippen molar-refractivity contribution in [2.75, 3.05) is 18.5 Å². The third-order valence-electron chi connectivity index (χ3n) is 4.77. The zero-order chi connectivity index (χ0) is 19.9.